The van der Waals surface area contributed by atoms with Crippen LogP contribution in [-0.4, -0.2) is 23.0 Å². The molecular weight excluding hydrogens is 234 g/mol. The third kappa shape index (κ3) is 4.07. The highest BCUT2D eigenvalue weighted by atomic mass is 35.5. The highest BCUT2D eigenvalue weighted by molar-refractivity contribution is 7.99. The van der Waals surface area contributed by atoms with Gasteiger partial charge in [0.25, 0.3) is 0 Å². The molecule has 2 unspecified atom stereocenters. The molecule has 3 nitrogen and oxygen atoms in total. The zero-order chi connectivity index (χ0) is 11.3. The van der Waals surface area contributed by atoms with Gasteiger partial charge < -0.3 is 15.3 Å². The summed E-state index contributed by atoms with van der Waals surface area (Å²) in [6, 6.07) is 3.57. The first-order valence-electron chi connectivity index (χ1n) is 4.89. The molecule has 0 radical (unpaired) electrons. The smallest absolute Gasteiger partial charge is 0.193 e. The van der Waals surface area contributed by atoms with Crippen LogP contribution < -0.4 is 5.73 Å². The third-order valence-electron chi connectivity index (χ3n) is 2.20. The van der Waals surface area contributed by atoms with E-state index >= 15 is 0 Å². The van der Waals surface area contributed by atoms with Crippen molar-refractivity contribution in [2.24, 2.45) is 5.73 Å². The lowest BCUT2D eigenvalue weighted by atomic mass is 10.2. The summed E-state index contributed by atoms with van der Waals surface area (Å²) in [7, 11) is 0. The van der Waals surface area contributed by atoms with Crippen molar-refractivity contribution in [3.8, 4) is 0 Å². The Morgan fingerprint density at radius 2 is 2.33 bits per heavy atom. The fourth-order valence-corrected chi connectivity index (χ4v) is 2.43. The van der Waals surface area contributed by atoms with Gasteiger partial charge in [-0.3, -0.25) is 0 Å². The van der Waals surface area contributed by atoms with Crippen LogP contribution in [0.1, 0.15) is 19.1 Å². The number of hydrogen-bond donors (Lipinski definition) is 2. The Morgan fingerprint density at radius 1 is 1.60 bits per heavy atom. The van der Waals surface area contributed by atoms with Crippen LogP contribution in [0.3, 0.4) is 0 Å². The zero-order valence-electron chi connectivity index (χ0n) is 8.65. The second-order valence-electron chi connectivity index (χ2n) is 3.31. The molecule has 1 aromatic heterocycles. The highest BCUT2D eigenvalue weighted by Gasteiger charge is 2.16. The van der Waals surface area contributed by atoms with Crippen molar-refractivity contribution in [2.45, 2.75) is 30.4 Å². The van der Waals surface area contributed by atoms with Crippen molar-refractivity contribution in [1.29, 1.82) is 0 Å². The van der Waals surface area contributed by atoms with Gasteiger partial charge in [0.05, 0.1) is 12.4 Å². The lowest BCUT2D eigenvalue weighted by molar-refractivity contribution is 0.281. The molecule has 5 heteroatoms. The molecule has 1 heterocycles. The molecule has 0 saturated heterocycles. The van der Waals surface area contributed by atoms with Gasteiger partial charge in [0, 0.05) is 11.3 Å². The minimum Gasteiger partial charge on any atom is -0.449 e. The molecule has 1 aromatic rings. The Bertz CT molecular complexity index is 293. The largest absolute Gasteiger partial charge is 0.449 e. The number of furan rings is 1. The molecule has 0 aliphatic carbocycles. The molecule has 2 atom stereocenters. The number of hydrogen-bond acceptors (Lipinski definition) is 4. The van der Waals surface area contributed by atoms with Crippen molar-refractivity contribution in [3.05, 3.63) is 23.1 Å². The summed E-state index contributed by atoms with van der Waals surface area (Å²) in [4.78, 5) is 0. The zero-order valence-corrected chi connectivity index (χ0v) is 10.2. The van der Waals surface area contributed by atoms with Crippen LogP contribution in [0.15, 0.2) is 16.5 Å². The first-order valence-corrected chi connectivity index (χ1v) is 6.32. The monoisotopic (exact) mass is 249 g/mol. The van der Waals surface area contributed by atoms with Crippen molar-refractivity contribution < 1.29 is 9.52 Å². The second kappa shape index (κ2) is 6.43. The Morgan fingerprint density at radius 3 is 2.80 bits per heavy atom. The van der Waals surface area contributed by atoms with E-state index < -0.39 is 0 Å². The Labute approximate surface area is 99.0 Å². The van der Waals surface area contributed by atoms with E-state index in [4.69, 9.17) is 26.9 Å². The molecular formula is C10H16ClNO2S. The fourth-order valence-electron chi connectivity index (χ4n) is 1.19. The summed E-state index contributed by atoms with van der Waals surface area (Å²) in [6.07, 6.45) is 0.858. The fraction of sp³-hybridized carbons (Fsp3) is 0.600. The lowest BCUT2D eigenvalue weighted by Crippen LogP contribution is -2.34. The number of halogens is 1. The summed E-state index contributed by atoms with van der Waals surface area (Å²) in [5, 5.41) is 9.60. The van der Waals surface area contributed by atoms with Gasteiger partial charge in [-0.15, -0.1) is 11.8 Å². The Balaban J connectivity index is 2.40. The molecule has 0 aliphatic heterocycles. The van der Waals surface area contributed by atoms with Gasteiger partial charge in [0.2, 0.25) is 0 Å². The average molecular weight is 250 g/mol. The first kappa shape index (κ1) is 12.9. The van der Waals surface area contributed by atoms with Crippen molar-refractivity contribution in [1.82, 2.24) is 0 Å². The minimum atomic E-state index is 0.0189. The maximum Gasteiger partial charge on any atom is 0.193 e. The normalized spacial score (nSPS) is 15.2. The van der Waals surface area contributed by atoms with E-state index in [1.54, 1.807) is 17.8 Å². The van der Waals surface area contributed by atoms with Crippen LogP contribution in [0.25, 0.3) is 0 Å². The van der Waals surface area contributed by atoms with Crippen LogP contribution in [0.2, 0.25) is 5.22 Å². The third-order valence-corrected chi connectivity index (χ3v) is 3.78. The van der Waals surface area contributed by atoms with Gasteiger partial charge in [0.15, 0.2) is 5.22 Å². The molecule has 3 N–H and O–H groups in total. The molecule has 15 heavy (non-hydrogen) atoms. The Hall–Kier alpha value is -0.160. The van der Waals surface area contributed by atoms with Gasteiger partial charge in [-0.25, -0.2) is 0 Å². The van der Waals surface area contributed by atoms with Crippen LogP contribution in [0.4, 0.5) is 0 Å². The summed E-state index contributed by atoms with van der Waals surface area (Å²) >= 11 is 7.24. The van der Waals surface area contributed by atoms with Crippen LogP contribution in [-0.2, 0) is 5.75 Å². The van der Waals surface area contributed by atoms with Gasteiger partial charge in [-0.1, -0.05) is 6.92 Å². The molecule has 0 aliphatic rings. The molecule has 86 valence electrons. The maximum atomic E-state index is 9.15. The Kier molecular flexibility index (Phi) is 5.53. The minimum absolute atomic E-state index is 0.0189. The predicted octanol–water partition coefficient (Wildman–Crippen LogP) is 2.26. The van der Waals surface area contributed by atoms with E-state index in [2.05, 4.69) is 0 Å². The number of rotatable bonds is 6. The highest BCUT2D eigenvalue weighted by Crippen LogP contribution is 2.23. The summed E-state index contributed by atoms with van der Waals surface area (Å²) < 4.78 is 5.21. The van der Waals surface area contributed by atoms with E-state index in [0.717, 1.165) is 12.2 Å². The summed E-state index contributed by atoms with van der Waals surface area (Å²) in [5.41, 5.74) is 5.86. The van der Waals surface area contributed by atoms with Crippen LogP contribution >= 0.6 is 23.4 Å². The second-order valence-corrected chi connectivity index (χ2v) is 4.91. The maximum absolute atomic E-state index is 9.15. The summed E-state index contributed by atoms with van der Waals surface area (Å²) in [5.74, 6) is 1.50. The van der Waals surface area contributed by atoms with Crippen molar-refractivity contribution in [3.63, 3.8) is 0 Å². The van der Waals surface area contributed by atoms with E-state index in [9.17, 15) is 0 Å². The van der Waals surface area contributed by atoms with E-state index in [0.29, 0.717) is 11.0 Å². The van der Waals surface area contributed by atoms with Gasteiger partial charge in [-0.05, 0) is 30.2 Å². The molecule has 0 saturated carbocycles. The SMILES string of the molecule is CCC(N)C(CO)SCc1ccc(Cl)o1. The van der Waals surface area contributed by atoms with E-state index in [1.807, 2.05) is 13.0 Å². The molecule has 1 rings (SSSR count). The van der Waals surface area contributed by atoms with Crippen molar-refractivity contribution >= 4 is 23.4 Å². The molecule has 0 fully saturated rings. The van der Waals surface area contributed by atoms with Gasteiger partial charge in [-0.2, -0.15) is 0 Å². The lowest BCUT2D eigenvalue weighted by Gasteiger charge is -2.19. The van der Waals surface area contributed by atoms with Crippen LogP contribution in [0.5, 0.6) is 0 Å². The van der Waals surface area contributed by atoms with E-state index in [1.165, 1.54) is 0 Å². The quantitative estimate of drug-likeness (QED) is 0.812. The van der Waals surface area contributed by atoms with Gasteiger partial charge in [0.1, 0.15) is 5.76 Å². The van der Waals surface area contributed by atoms with Crippen molar-refractivity contribution in [2.75, 3.05) is 6.61 Å². The topological polar surface area (TPSA) is 59.4 Å². The first-order chi connectivity index (χ1) is 7.17. The molecule has 0 aromatic carbocycles. The number of thioether (sulfide) groups is 1. The number of nitrogens with two attached hydrogens (primary N) is 1. The average Bonchev–Trinajstić information content (AvgIpc) is 2.64. The molecule has 0 bridgehead atoms. The molecule has 0 spiro atoms. The van der Waals surface area contributed by atoms with E-state index in [-0.39, 0.29) is 17.9 Å². The predicted molar refractivity (Wildman–Crippen MR) is 64.2 cm³/mol. The van der Waals surface area contributed by atoms with Gasteiger partial charge >= 0.3 is 0 Å². The van der Waals surface area contributed by atoms with Crippen LogP contribution in [0, 0.1) is 0 Å². The standard InChI is InChI=1S/C10H16ClNO2S/c1-2-8(12)9(5-13)15-6-7-3-4-10(11)14-7/h3-4,8-9,13H,2,5-6,12H2,1H3. The number of aliphatic hydroxyl groups excluding tert-OH is 1. The molecule has 0 amide bonds. The number of aliphatic hydroxyl groups is 1. The summed E-state index contributed by atoms with van der Waals surface area (Å²) in [6.45, 7) is 2.10.